The molecule has 2 aromatic carbocycles. The van der Waals surface area contributed by atoms with Crippen molar-refractivity contribution in [3.63, 3.8) is 0 Å². The minimum atomic E-state index is -0.568. The summed E-state index contributed by atoms with van der Waals surface area (Å²) in [5.41, 5.74) is 5.05. The molecule has 1 fully saturated rings. The second-order valence-corrected chi connectivity index (χ2v) is 9.55. The standard InChI is InChI=1S/C27H26Cl2N4O2S/c1-5-31(6-2)19-10-12-20(13-11-19)32-16(3)14-18(17(32)4)15-21-25(34)30-27(36)33(26(21)35)23-9-7-8-22(28)24(23)29/h7-15H,5-6H2,1-4H3,(H,30,34,36)/b21-15+. The van der Waals surface area contributed by atoms with Gasteiger partial charge in [0.25, 0.3) is 11.8 Å². The van der Waals surface area contributed by atoms with E-state index in [1.807, 2.05) is 19.9 Å². The number of amides is 2. The Morgan fingerprint density at radius 3 is 2.33 bits per heavy atom. The van der Waals surface area contributed by atoms with E-state index in [-0.39, 0.29) is 20.7 Å². The molecule has 0 saturated carbocycles. The van der Waals surface area contributed by atoms with E-state index in [0.717, 1.165) is 41.4 Å². The summed E-state index contributed by atoms with van der Waals surface area (Å²) in [6.07, 6.45) is 1.59. The molecule has 1 aromatic heterocycles. The SMILES string of the molecule is CCN(CC)c1ccc(-n2c(C)cc(/C=C3\C(=O)NC(=S)N(c4cccc(Cl)c4Cl)C3=O)c2C)cc1. The number of rotatable bonds is 6. The molecule has 1 saturated heterocycles. The van der Waals surface area contributed by atoms with E-state index in [1.165, 1.54) is 4.90 Å². The topological polar surface area (TPSA) is 57.6 Å². The number of nitrogens with one attached hydrogen (secondary N) is 1. The van der Waals surface area contributed by atoms with Crippen molar-refractivity contribution in [1.82, 2.24) is 9.88 Å². The van der Waals surface area contributed by atoms with Crippen LogP contribution in [-0.2, 0) is 9.59 Å². The van der Waals surface area contributed by atoms with Crippen LogP contribution in [0, 0.1) is 13.8 Å². The van der Waals surface area contributed by atoms with Crippen molar-refractivity contribution in [1.29, 1.82) is 0 Å². The summed E-state index contributed by atoms with van der Waals surface area (Å²) in [5, 5.41) is 3.00. The van der Waals surface area contributed by atoms with E-state index in [4.69, 9.17) is 35.4 Å². The number of halogens is 2. The number of aromatic nitrogens is 1. The van der Waals surface area contributed by atoms with Gasteiger partial charge in [0.05, 0.1) is 15.7 Å². The zero-order valence-corrected chi connectivity index (χ0v) is 22.8. The Labute approximate surface area is 226 Å². The molecule has 0 atom stereocenters. The van der Waals surface area contributed by atoms with Gasteiger partial charge in [0.1, 0.15) is 5.57 Å². The largest absolute Gasteiger partial charge is 0.372 e. The smallest absolute Gasteiger partial charge is 0.270 e. The minimum Gasteiger partial charge on any atom is -0.372 e. The first kappa shape index (κ1) is 25.9. The van der Waals surface area contributed by atoms with Crippen LogP contribution in [0.1, 0.15) is 30.8 Å². The molecule has 1 aliphatic heterocycles. The molecule has 186 valence electrons. The highest BCUT2D eigenvalue weighted by molar-refractivity contribution is 7.80. The second-order valence-electron chi connectivity index (χ2n) is 8.38. The van der Waals surface area contributed by atoms with E-state index in [1.54, 1.807) is 24.3 Å². The van der Waals surface area contributed by atoms with E-state index < -0.39 is 11.8 Å². The fourth-order valence-corrected chi connectivity index (χ4v) is 5.08. The highest BCUT2D eigenvalue weighted by Gasteiger charge is 2.36. The average molecular weight is 542 g/mol. The van der Waals surface area contributed by atoms with Gasteiger partial charge in [0, 0.05) is 35.9 Å². The number of nitrogens with zero attached hydrogens (tertiary/aromatic N) is 3. The zero-order chi connectivity index (χ0) is 26.1. The van der Waals surface area contributed by atoms with Gasteiger partial charge in [-0.15, -0.1) is 0 Å². The van der Waals surface area contributed by atoms with Crippen molar-refractivity contribution in [2.75, 3.05) is 22.9 Å². The maximum absolute atomic E-state index is 13.4. The second kappa shape index (κ2) is 10.5. The van der Waals surface area contributed by atoms with Crippen LogP contribution in [0.25, 0.3) is 11.8 Å². The summed E-state index contributed by atoms with van der Waals surface area (Å²) in [4.78, 5) is 29.7. The monoisotopic (exact) mass is 540 g/mol. The molecule has 0 bridgehead atoms. The summed E-state index contributed by atoms with van der Waals surface area (Å²) in [5.74, 6) is -1.13. The molecule has 0 spiro atoms. The van der Waals surface area contributed by atoms with Crippen LogP contribution in [0.15, 0.2) is 54.1 Å². The van der Waals surface area contributed by atoms with Crippen molar-refractivity contribution in [2.45, 2.75) is 27.7 Å². The molecular formula is C27H26Cl2N4O2S. The Bertz CT molecular complexity index is 1390. The fraction of sp³-hybridized carbons (Fsp3) is 0.222. The van der Waals surface area contributed by atoms with Crippen LogP contribution in [0.4, 0.5) is 11.4 Å². The predicted octanol–water partition coefficient (Wildman–Crippen LogP) is 6.08. The van der Waals surface area contributed by atoms with E-state index in [0.29, 0.717) is 5.69 Å². The Morgan fingerprint density at radius 2 is 1.69 bits per heavy atom. The van der Waals surface area contributed by atoms with Crippen molar-refractivity contribution in [3.05, 3.63) is 81.1 Å². The molecule has 9 heteroatoms. The number of carbonyl (C=O) groups excluding carboxylic acids is 2. The van der Waals surface area contributed by atoms with Crippen LogP contribution < -0.4 is 15.1 Å². The number of hydrogen-bond acceptors (Lipinski definition) is 4. The van der Waals surface area contributed by atoms with Gasteiger partial charge in [-0.25, -0.2) is 0 Å². The van der Waals surface area contributed by atoms with Gasteiger partial charge in [0.2, 0.25) is 0 Å². The first-order valence-electron chi connectivity index (χ1n) is 11.6. The molecule has 0 unspecified atom stereocenters. The molecule has 2 heterocycles. The zero-order valence-electron chi connectivity index (χ0n) is 20.4. The van der Waals surface area contributed by atoms with Gasteiger partial charge >= 0.3 is 0 Å². The molecule has 3 aromatic rings. The quantitative estimate of drug-likeness (QED) is 0.234. The summed E-state index contributed by atoms with van der Waals surface area (Å²) in [7, 11) is 0. The molecule has 0 radical (unpaired) electrons. The van der Waals surface area contributed by atoms with Crippen molar-refractivity contribution in [2.24, 2.45) is 0 Å². The molecule has 1 aliphatic rings. The number of carbonyl (C=O) groups is 2. The van der Waals surface area contributed by atoms with E-state index in [2.05, 4.69) is 52.9 Å². The Hall–Kier alpha value is -3.13. The summed E-state index contributed by atoms with van der Waals surface area (Å²) in [6.45, 7) is 10.1. The lowest BCUT2D eigenvalue weighted by atomic mass is 10.1. The van der Waals surface area contributed by atoms with E-state index >= 15 is 0 Å². The van der Waals surface area contributed by atoms with Crippen molar-refractivity contribution < 1.29 is 9.59 Å². The number of hydrogen-bond donors (Lipinski definition) is 1. The number of benzene rings is 2. The molecular weight excluding hydrogens is 515 g/mol. The van der Waals surface area contributed by atoms with Crippen LogP contribution in [-0.4, -0.2) is 34.6 Å². The van der Waals surface area contributed by atoms with Gasteiger partial charge in [-0.05, 0) is 94.0 Å². The Kier molecular flexibility index (Phi) is 7.54. The third-order valence-corrected chi connectivity index (χ3v) is 7.37. The normalized spacial score (nSPS) is 15.0. The minimum absolute atomic E-state index is 0.0447. The fourth-order valence-electron chi connectivity index (χ4n) is 4.43. The number of aryl methyl sites for hydroxylation is 1. The third kappa shape index (κ3) is 4.66. The van der Waals surface area contributed by atoms with Crippen molar-refractivity contribution >= 4 is 69.8 Å². The lowest BCUT2D eigenvalue weighted by molar-refractivity contribution is -0.122. The highest BCUT2D eigenvalue weighted by atomic mass is 35.5. The van der Waals surface area contributed by atoms with Gasteiger partial charge in [-0.1, -0.05) is 29.3 Å². The number of anilines is 2. The first-order valence-corrected chi connectivity index (χ1v) is 12.7. The van der Waals surface area contributed by atoms with Gasteiger partial charge in [-0.2, -0.15) is 0 Å². The van der Waals surface area contributed by atoms with Crippen LogP contribution in [0.2, 0.25) is 10.0 Å². The van der Waals surface area contributed by atoms with Crippen LogP contribution in [0.3, 0.4) is 0 Å². The van der Waals surface area contributed by atoms with Crippen molar-refractivity contribution in [3.8, 4) is 5.69 Å². The van der Waals surface area contributed by atoms with Crippen LogP contribution >= 0.6 is 35.4 Å². The Morgan fingerprint density at radius 1 is 1.03 bits per heavy atom. The molecule has 2 amide bonds. The lowest BCUT2D eigenvalue weighted by Crippen LogP contribution is -2.54. The highest BCUT2D eigenvalue weighted by Crippen LogP contribution is 2.34. The molecule has 0 aliphatic carbocycles. The molecule has 4 rings (SSSR count). The molecule has 1 N–H and O–H groups in total. The van der Waals surface area contributed by atoms with Gasteiger partial charge in [-0.3, -0.25) is 19.8 Å². The molecule has 36 heavy (non-hydrogen) atoms. The van der Waals surface area contributed by atoms with Crippen LogP contribution in [0.5, 0.6) is 0 Å². The summed E-state index contributed by atoms with van der Waals surface area (Å²) in [6, 6.07) is 15.2. The molecule has 6 nitrogen and oxygen atoms in total. The number of thiocarbonyl (C=S) groups is 1. The maximum atomic E-state index is 13.4. The third-order valence-electron chi connectivity index (χ3n) is 6.28. The summed E-state index contributed by atoms with van der Waals surface area (Å²) < 4.78 is 2.10. The van der Waals surface area contributed by atoms with Gasteiger partial charge < -0.3 is 9.47 Å². The summed E-state index contributed by atoms with van der Waals surface area (Å²) >= 11 is 17.8. The first-order chi connectivity index (χ1) is 17.2. The van der Waals surface area contributed by atoms with E-state index in [9.17, 15) is 9.59 Å². The average Bonchev–Trinajstić information content (AvgIpc) is 3.13. The maximum Gasteiger partial charge on any atom is 0.270 e. The lowest BCUT2D eigenvalue weighted by Gasteiger charge is -2.29. The van der Waals surface area contributed by atoms with Gasteiger partial charge in [0.15, 0.2) is 5.11 Å². The Balaban J connectivity index is 1.72. The predicted molar refractivity (Wildman–Crippen MR) is 151 cm³/mol.